The number of pyridine rings is 2. The molecule has 204 valence electrons. The number of para-hydroxylation sites is 1. The quantitative estimate of drug-likeness (QED) is 0.239. The lowest BCUT2D eigenvalue weighted by atomic mass is 10.1. The maximum atomic E-state index is 14.4. The fourth-order valence-corrected chi connectivity index (χ4v) is 5.90. The Bertz CT molecular complexity index is 1760. The van der Waals surface area contributed by atoms with E-state index in [1.807, 2.05) is 30.3 Å². The number of aromatic nitrogens is 4. The van der Waals surface area contributed by atoms with E-state index < -0.39 is 16.0 Å². The summed E-state index contributed by atoms with van der Waals surface area (Å²) in [5.74, 6) is -0.184. The molecule has 0 aliphatic rings. The third-order valence-corrected chi connectivity index (χ3v) is 8.05. The molecule has 0 amide bonds. The predicted octanol–water partition coefficient (Wildman–Crippen LogP) is 4.70. The van der Waals surface area contributed by atoms with Gasteiger partial charge in [0.2, 0.25) is 0 Å². The van der Waals surface area contributed by atoms with Crippen LogP contribution in [0.1, 0.15) is 28.5 Å². The van der Waals surface area contributed by atoms with Gasteiger partial charge in [0, 0.05) is 18.6 Å². The van der Waals surface area contributed by atoms with Gasteiger partial charge in [-0.2, -0.15) is 5.10 Å². The summed E-state index contributed by atoms with van der Waals surface area (Å²) in [7, 11) is -2.73. The number of carbonyl (C=O) groups is 1. The van der Waals surface area contributed by atoms with Gasteiger partial charge in [0.25, 0.3) is 10.0 Å². The number of rotatable bonds is 9. The number of hydrogen-bond acceptors (Lipinski definition) is 8. The van der Waals surface area contributed by atoms with E-state index in [1.54, 1.807) is 55.2 Å². The third-order valence-electron chi connectivity index (χ3n) is 6.29. The molecule has 2 aromatic carbocycles. The SMILES string of the molecule is CCOC(=O)c1cnc2c(c(C)nn2-c2ccccc2)c1N(Cc1cccnc1)S(=O)(=O)c1ccc(OC)cc1. The summed E-state index contributed by atoms with van der Waals surface area (Å²) in [6.45, 7) is 3.43. The monoisotopic (exact) mass is 557 g/mol. The first-order valence-electron chi connectivity index (χ1n) is 12.5. The van der Waals surface area contributed by atoms with Crippen molar-refractivity contribution in [2.45, 2.75) is 25.3 Å². The van der Waals surface area contributed by atoms with Gasteiger partial charge in [-0.25, -0.2) is 22.9 Å². The number of sulfonamides is 1. The highest BCUT2D eigenvalue weighted by atomic mass is 32.2. The highest BCUT2D eigenvalue weighted by Gasteiger charge is 2.33. The zero-order valence-electron chi connectivity index (χ0n) is 22.2. The summed E-state index contributed by atoms with van der Waals surface area (Å²) in [5.41, 5.74) is 2.38. The summed E-state index contributed by atoms with van der Waals surface area (Å²) in [6, 6.07) is 18.9. The Hall–Kier alpha value is -4.77. The summed E-state index contributed by atoms with van der Waals surface area (Å²) < 4.78 is 42.1. The van der Waals surface area contributed by atoms with Crippen molar-refractivity contribution < 1.29 is 22.7 Å². The summed E-state index contributed by atoms with van der Waals surface area (Å²) in [4.78, 5) is 22.0. The number of ether oxygens (including phenoxy) is 2. The molecule has 0 saturated heterocycles. The number of aryl methyl sites for hydroxylation is 1. The van der Waals surface area contributed by atoms with Gasteiger partial charge in [-0.05, 0) is 61.9 Å². The largest absolute Gasteiger partial charge is 0.497 e. The van der Waals surface area contributed by atoms with Gasteiger partial charge in [0.1, 0.15) is 11.3 Å². The van der Waals surface area contributed by atoms with Gasteiger partial charge in [0.05, 0.1) is 47.6 Å². The summed E-state index contributed by atoms with van der Waals surface area (Å²) >= 11 is 0. The van der Waals surface area contributed by atoms with Gasteiger partial charge < -0.3 is 9.47 Å². The average Bonchev–Trinajstić information content (AvgIpc) is 3.33. The molecule has 0 bridgehead atoms. The molecule has 0 N–H and O–H groups in total. The fraction of sp³-hybridized carbons (Fsp3) is 0.172. The van der Waals surface area contributed by atoms with Crippen molar-refractivity contribution in [2.75, 3.05) is 18.0 Å². The maximum Gasteiger partial charge on any atom is 0.341 e. The molecule has 0 spiro atoms. The van der Waals surface area contributed by atoms with E-state index in [0.29, 0.717) is 28.0 Å². The van der Waals surface area contributed by atoms with E-state index in [1.165, 1.54) is 29.7 Å². The molecular weight excluding hydrogens is 530 g/mol. The van der Waals surface area contributed by atoms with Gasteiger partial charge >= 0.3 is 5.97 Å². The van der Waals surface area contributed by atoms with Crippen LogP contribution in [0.25, 0.3) is 16.7 Å². The Balaban J connectivity index is 1.82. The van der Waals surface area contributed by atoms with Crippen LogP contribution in [-0.2, 0) is 21.3 Å². The zero-order valence-corrected chi connectivity index (χ0v) is 23.0. The molecule has 0 atom stereocenters. The van der Waals surface area contributed by atoms with Gasteiger partial charge in [-0.3, -0.25) is 9.29 Å². The second kappa shape index (κ2) is 11.1. The first-order chi connectivity index (χ1) is 19.3. The molecule has 3 heterocycles. The van der Waals surface area contributed by atoms with E-state index in [-0.39, 0.29) is 29.3 Å². The van der Waals surface area contributed by atoms with Crippen LogP contribution in [0.15, 0.2) is 90.2 Å². The lowest BCUT2D eigenvalue weighted by molar-refractivity contribution is 0.0527. The van der Waals surface area contributed by atoms with Crippen LogP contribution in [-0.4, -0.2) is 47.9 Å². The molecule has 10 nitrogen and oxygen atoms in total. The first-order valence-corrected chi connectivity index (χ1v) is 14.0. The normalized spacial score (nSPS) is 11.4. The van der Waals surface area contributed by atoms with Gasteiger partial charge in [-0.1, -0.05) is 24.3 Å². The lowest BCUT2D eigenvalue weighted by Gasteiger charge is -2.27. The van der Waals surface area contributed by atoms with Crippen LogP contribution >= 0.6 is 0 Å². The molecule has 11 heteroatoms. The number of methoxy groups -OCH3 is 1. The maximum absolute atomic E-state index is 14.4. The standard InChI is InChI=1S/C29H27N5O5S/c1-4-39-29(35)25-18-31-28-26(20(2)32-34(28)22-10-6-5-7-11-22)27(25)33(19-21-9-8-16-30-17-21)40(36,37)24-14-12-23(38-3)13-15-24/h5-18H,4,19H2,1-3H3. The Morgan fingerprint density at radius 2 is 1.75 bits per heavy atom. The molecule has 0 fully saturated rings. The minimum Gasteiger partial charge on any atom is -0.497 e. The number of nitrogens with zero attached hydrogens (tertiary/aromatic N) is 5. The smallest absolute Gasteiger partial charge is 0.341 e. The van der Waals surface area contributed by atoms with Crippen LogP contribution in [0.2, 0.25) is 0 Å². The number of carbonyl (C=O) groups excluding carboxylic acids is 1. The molecular formula is C29H27N5O5S. The van der Waals surface area contributed by atoms with Crippen molar-refractivity contribution in [3.05, 3.63) is 102 Å². The number of benzene rings is 2. The number of fused-ring (bicyclic) bond motifs is 1. The molecule has 0 aliphatic heterocycles. The molecule has 0 aliphatic carbocycles. The number of esters is 1. The molecule has 5 aromatic rings. The van der Waals surface area contributed by atoms with Crippen LogP contribution in [0, 0.1) is 6.92 Å². The van der Waals surface area contributed by atoms with E-state index in [2.05, 4.69) is 15.1 Å². The zero-order chi connectivity index (χ0) is 28.3. The van der Waals surface area contributed by atoms with Gasteiger partial charge in [-0.15, -0.1) is 0 Å². The van der Waals surface area contributed by atoms with Crippen molar-refractivity contribution in [1.29, 1.82) is 0 Å². The van der Waals surface area contributed by atoms with Crippen LogP contribution in [0.5, 0.6) is 5.75 Å². The predicted molar refractivity (Wildman–Crippen MR) is 150 cm³/mol. The van der Waals surface area contributed by atoms with Crippen molar-refractivity contribution >= 4 is 32.7 Å². The second-order valence-electron chi connectivity index (χ2n) is 8.82. The third kappa shape index (κ3) is 4.98. The lowest BCUT2D eigenvalue weighted by Crippen LogP contribution is -2.32. The fourth-order valence-electron chi connectivity index (χ4n) is 4.42. The summed E-state index contributed by atoms with van der Waals surface area (Å²) in [5, 5.41) is 5.10. The Kier molecular flexibility index (Phi) is 7.47. The van der Waals surface area contributed by atoms with Crippen molar-refractivity contribution in [3.8, 4) is 11.4 Å². The van der Waals surface area contributed by atoms with E-state index >= 15 is 0 Å². The first kappa shape index (κ1) is 26.8. The van der Waals surface area contributed by atoms with E-state index in [0.717, 1.165) is 5.69 Å². The topological polar surface area (TPSA) is 117 Å². The summed E-state index contributed by atoms with van der Waals surface area (Å²) in [6.07, 6.45) is 4.53. The molecule has 40 heavy (non-hydrogen) atoms. The Labute approximate surface area is 231 Å². The molecule has 0 saturated carbocycles. The Morgan fingerprint density at radius 3 is 2.40 bits per heavy atom. The van der Waals surface area contributed by atoms with Crippen LogP contribution < -0.4 is 9.04 Å². The highest BCUT2D eigenvalue weighted by Crippen LogP contribution is 2.38. The Morgan fingerprint density at radius 1 is 1.00 bits per heavy atom. The van der Waals surface area contributed by atoms with Crippen LogP contribution in [0.4, 0.5) is 5.69 Å². The minimum absolute atomic E-state index is 0.00559. The van der Waals surface area contributed by atoms with Crippen molar-refractivity contribution in [2.24, 2.45) is 0 Å². The second-order valence-corrected chi connectivity index (χ2v) is 10.7. The van der Waals surface area contributed by atoms with E-state index in [4.69, 9.17) is 9.47 Å². The van der Waals surface area contributed by atoms with Gasteiger partial charge in [0.15, 0.2) is 5.65 Å². The van der Waals surface area contributed by atoms with Crippen molar-refractivity contribution in [3.63, 3.8) is 0 Å². The minimum atomic E-state index is -4.23. The molecule has 0 radical (unpaired) electrons. The number of hydrogen-bond donors (Lipinski definition) is 0. The van der Waals surface area contributed by atoms with E-state index in [9.17, 15) is 13.2 Å². The molecule has 3 aromatic heterocycles. The molecule has 5 rings (SSSR count). The van der Waals surface area contributed by atoms with Crippen LogP contribution in [0.3, 0.4) is 0 Å². The molecule has 0 unspecified atom stereocenters. The number of anilines is 1. The van der Waals surface area contributed by atoms with Crippen molar-refractivity contribution in [1.82, 2.24) is 19.7 Å². The average molecular weight is 558 g/mol. The highest BCUT2D eigenvalue weighted by molar-refractivity contribution is 7.92.